The molecule has 3 aliphatic heterocycles. The first-order chi connectivity index (χ1) is 9.26. The van der Waals surface area contributed by atoms with Crippen molar-refractivity contribution in [3.63, 3.8) is 0 Å². The molecule has 1 atom stereocenters. The standard InChI is InChI=1S/C13H19N3O3/c1-2-18-12(17)11-8-19-13(15-11)14-10-7-16-5-3-9(10)4-6-16/h8-10H,2-7H2,1H3,(H,14,15). The number of aromatic nitrogens is 1. The molecule has 3 fully saturated rings. The molecule has 4 rings (SSSR count). The summed E-state index contributed by atoms with van der Waals surface area (Å²) in [5.74, 6) is 0.246. The molecule has 0 amide bonds. The number of nitrogens with zero attached hydrogens (tertiary/aromatic N) is 2. The number of esters is 1. The number of oxazole rings is 1. The number of hydrogen-bond acceptors (Lipinski definition) is 6. The predicted molar refractivity (Wildman–Crippen MR) is 69.0 cm³/mol. The van der Waals surface area contributed by atoms with Gasteiger partial charge in [-0.15, -0.1) is 0 Å². The molecule has 4 heterocycles. The summed E-state index contributed by atoms with van der Waals surface area (Å²) in [5, 5.41) is 3.30. The molecule has 3 aliphatic rings. The lowest BCUT2D eigenvalue weighted by Gasteiger charge is -2.44. The van der Waals surface area contributed by atoms with Crippen LogP contribution in [0.25, 0.3) is 0 Å². The second-order valence-electron chi connectivity index (χ2n) is 5.15. The first-order valence-electron chi connectivity index (χ1n) is 6.88. The molecule has 0 aromatic carbocycles. The van der Waals surface area contributed by atoms with Crippen molar-refractivity contribution in [2.75, 3.05) is 31.6 Å². The highest BCUT2D eigenvalue weighted by Gasteiger charge is 2.34. The Morgan fingerprint density at radius 1 is 1.58 bits per heavy atom. The molecule has 104 valence electrons. The van der Waals surface area contributed by atoms with Gasteiger partial charge in [-0.25, -0.2) is 4.79 Å². The van der Waals surface area contributed by atoms with Crippen LogP contribution in [0.2, 0.25) is 0 Å². The van der Waals surface area contributed by atoms with E-state index in [1.807, 2.05) is 0 Å². The number of carbonyl (C=O) groups excluding carboxylic acids is 1. The predicted octanol–water partition coefficient (Wildman–Crippen LogP) is 1.36. The van der Waals surface area contributed by atoms with E-state index in [1.54, 1.807) is 6.92 Å². The van der Waals surface area contributed by atoms with Crippen molar-refractivity contribution in [3.05, 3.63) is 12.0 Å². The molecular weight excluding hydrogens is 246 g/mol. The van der Waals surface area contributed by atoms with E-state index in [0.717, 1.165) is 6.54 Å². The van der Waals surface area contributed by atoms with E-state index in [4.69, 9.17) is 9.15 Å². The fraction of sp³-hybridized carbons (Fsp3) is 0.692. The summed E-state index contributed by atoms with van der Waals surface area (Å²) in [6.45, 7) is 5.53. The van der Waals surface area contributed by atoms with E-state index in [9.17, 15) is 4.79 Å². The first kappa shape index (κ1) is 12.5. The lowest BCUT2D eigenvalue weighted by molar-refractivity contribution is 0.0519. The maximum absolute atomic E-state index is 11.5. The largest absolute Gasteiger partial charge is 0.461 e. The zero-order chi connectivity index (χ0) is 13.2. The van der Waals surface area contributed by atoms with Crippen molar-refractivity contribution in [1.82, 2.24) is 9.88 Å². The van der Waals surface area contributed by atoms with Crippen molar-refractivity contribution < 1.29 is 13.9 Å². The molecule has 19 heavy (non-hydrogen) atoms. The first-order valence-corrected chi connectivity index (χ1v) is 6.88. The van der Waals surface area contributed by atoms with Gasteiger partial charge in [0.05, 0.1) is 6.61 Å². The van der Waals surface area contributed by atoms with Gasteiger partial charge in [-0.3, -0.25) is 0 Å². The zero-order valence-corrected chi connectivity index (χ0v) is 11.1. The molecule has 1 N–H and O–H groups in total. The van der Waals surface area contributed by atoms with Crippen LogP contribution in [0.5, 0.6) is 0 Å². The van der Waals surface area contributed by atoms with Crippen LogP contribution in [0.3, 0.4) is 0 Å². The third kappa shape index (κ3) is 2.58. The van der Waals surface area contributed by atoms with E-state index in [2.05, 4.69) is 15.2 Å². The van der Waals surface area contributed by atoms with Gasteiger partial charge in [-0.05, 0) is 38.8 Å². The molecule has 1 aromatic heterocycles. The van der Waals surface area contributed by atoms with Gasteiger partial charge in [0.25, 0.3) is 6.01 Å². The number of piperidine rings is 3. The zero-order valence-electron chi connectivity index (χ0n) is 11.1. The second kappa shape index (κ2) is 5.21. The fourth-order valence-corrected chi connectivity index (χ4v) is 2.93. The van der Waals surface area contributed by atoms with Crippen LogP contribution >= 0.6 is 0 Å². The van der Waals surface area contributed by atoms with Gasteiger partial charge in [0.15, 0.2) is 5.69 Å². The van der Waals surface area contributed by atoms with Gasteiger partial charge in [0.2, 0.25) is 0 Å². The number of carbonyl (C=O) groups is 1. The van der Waals surface area contributed by atoms with Gasteiger partial charge in [-0.2, -0.15) is 4.98 Å². The molecule has 6 nitrogen and oxygen atoms in total. The topological polar surface area (TPSA) is 67.6 Å². The Kier molecular flexibility index (Phi) is 3.42. The monoisotopic (exact) mass is 265 g/mol. The van der Waals surface area contributed by atoms with Crippen LogP contribution in [0.15, 0.2) is 10.7 Å². The molecular formula is C13H19N3O3. The third-order valence-corrected chi connectivity index (χ3v) is 3.95. The highest BCUT2D eigenvalue weighted by molar-refractivity contribution is 5.87. The third-order valence-electron chi connectivity index (χ3n) is 3.95. The highest BCUT2D eigenvalue weighted by atomic mass is 16.5. The van der Waals surface area contributed by atoms with Gasteiger partial charge in [0.1, 0.15) is 6.26 Å². The normalized spacial score (nSPS) is 29.2. The van der Waals surface area contributed by atoms with E-state index < -0.39 is 5.97 Å². The second-order valence-corrected chi connectivity index (χ2v) is 5.15. The van der Waals surface area contributed by atoms with Crippen LogP contribution in [0.1, 0.15) is 30.3 Å². The lowest BCUT2D eigenvalue weighted by atomic mass is 9.84. The van der Waals surface area contributed by atoms with Gasteiger partial charge in [0, 0.05) is 12.6 Å². The van der Waals surface area contributed by atoms with Crippen LogP contribution in [0, 0.1) is 5.92 Å². The van der Waals surface area contributed by atoms with E-state index in [0.29, 0.717) is 24.6 Å². The lowest BCUT2D eigenvalue weighted by Crippen LogP contribution is -2.53. The van der Waals surface area contributed by atoms with E-state index in [-0.39, 0.29) is 5.69 Å². The number of hydrogen-bond donors (Lipinski definition) is 1. The Bertz CT molecular complexity index is 452. The minimum atomic E-state index is -0.437. The maximum Gasteiger partial charge on any atom is 0.360 e. The number of nitrogens with one attached hydrogen (secondary N) is 1. The molecule has 3 saturated heterocycles. The summed E-state index contributed by atoms with van der Waals surface area (Å²) >= 11 is 0. The van der Waals surface area contributed by atoms with Gasteiger partial charge >= 0.3 is 5.97 Å². The van der Waals surface area contributed by atoms with E-state index in [1.165, 1.54) is 32.2 Å². The van der Waals surface area contributed by atoms with Crippen molar-refractivity contribution >= 4 is 12.0 Å². The Hall–Kier alpha value is -1.56. The summed E-state index contributed by atoms with van der Waals surface area (Å²) in [6.07, 6.45) is 3.80. The number of anilines is 1. The van der Waals surface area contributed by atoms with Gasteiger partial charge < -0.3 is 19.4 Å². The summed E-state index contributed by atoms with van der Waals surface area (Å²) in [7, 11) is 0. The average Bonchev–Trinajstić information content (AvgIpc) is 2.89. The molecule has 0 saturated carbocycles. The minimum absolute atomic E-state index is 0.227. The summed E-state index contributed by atoms with van der Waals surface area (Å²) in [4.78, 5) is 18.1. The Morgan fingerprint density at radius 3 is 3.00 bits per heavy atom. The van der Waals surface area contributed by atoms with Crippen molar-refractivity contribution in [2.24, 2.45) is 5.92 Å². The fourth-order valence-electron chi connectivity index (χ4n) is 2.93. The minimum Gasteiger partial charge on any atom is -0.461 e. The number of rotatable bonds is 4. The van der Waals surface area contributed by atoms with Crippen LogP contribution in [-0.4, -0.2) is 48.1 Å². The molecule has 0 radical (unpaired) electrons. The number of fused-ring (bicyclic) bond motifs is 3. The molecule has 1 aromatic rings. The summed E-state index contributed by atoms with van der Waals surface area (Å²) in [6, 6.07) is 0.790. The molecule has 1 unspecified atom stereocenters. The van der Waals surface area contributed by atoms with Crippen LogP contribution in [0.4, 0.5) is 6.01 Å². The smallest absolute Gasteiger partial charge is 0.360 e. The van der Waals surface area contributed by atoms with Crippen molar-refractivity contribution in [2.45, 2.75) is 25.8 Å². The van der Waals surface area contributed by atoms with E-state index >= 15 is 0 Å². The van der Waals surface area contributed by atoms with Crippen LogP contribution < -0.4 is 5.32 Å². The quantitative estimate of drug-likeness (QED) is 0.829. The Balaban J connectivity index is 1.62. The van der Waals surface area contributed by atoms with Crippen molar-refractivity contribution in [3.8, 4) is 0 Å². The summed E-state index contributed by atoms with van der Waals surface area (Å²) < 4.78 is 10.2. The van der Waals surface area contributed by atoms with Crippen LogP contribution in [-0.2, 0) is 4.74 Å². The molecule has 6 heteroatoms. The highest BCUT2D eigenvalue weighted by Crippen LogP contribution is 2.29. The average molecular weight is 265 g/mol. The molecule has 2 bridgehead atoms. The SMILES string of the molecule is CCOC(=O)c1coc(NC2CN3CCC2CC3)n1. The van der Waals surface area contributed by atoms with Gasteiger partial charge in [-0.1, -0.05) is 0 Å². The Morgan fingerprint density at radius 2 is 2.37 bits per heavy atom. The van der Waals surface area contributed by atoms with Crippen molar-refractivity contribution in [1.29, 1.82) is 0 Å². The maximum atomic E-state index is 11.5. The molecule has 0 spiro atoms. The Labute approximate surface area is 112 Å². The number of ether oxygens (including phenoxy) is 1. The summed E-state index contributed by atoms with van der Waals surface area (Å²) in [5.41, 5.74) is 0.227. The molecule has 0 aliphatic carbocycles.